The van der Waals surface area contributed by atoms with Crippen molar-refractivity contribution in [2.75, 3.05) is 39.3 Å². The number of rotatable bonds is 5. The maximum absolute atomic E-state index is 11.1. The summed E-state index contributed by atoms with van der Waals surface area (Å²) in [5.41, 5.74) is 0. The minimum atomic E-state index is -0.283. The summed E-state index contributed by atoms with van der Waals surface area (Å²) in [6.45, 7) is 9.53. The summed E-state index contributed by atoms with van der Waals surface area (Å²) in [5.74, 6) is 0.878. The van der Waals surface area contributed by atoms with E-state index in [9.17, 15) is 9.90 Å². The fourth-order valence-electron chi connectivity index (χ4n) is 3.53. The van der Waals surface area contributed by atoms with Crippen molar-refractivity contribution in [3.05, 3.63) is 0 Å². The molecule has 122 valence electrons. The minimum Gasteiger partial charge on any atom is -0.390 e. The van der Waals surface area contributed by atoms with Gasteiger partial charge >= 0.3 is 0 Å². The number of hydrogen-bond acceptors (Lipinski definition) is 4. The van der Waals surface area contributed by atoms with Crippen LogP contribution >= 0.6 is 0 Å². The smallest absolute Gasteiger partial charge is 0.217 e. The quantitative estimate of drug-likeness (QED) is 0.783. The van der Waals surface area contributed by atoms with Crippen LogP contribution in [0.2, 0.25) is 0 Å². The molecule has 2 unspecified atom stereocenters. The Morgan fingerprint density at radius 1 is 1.19 bits per heavy atom. The van der Waals surface area contributed by atoms with Crippen LogP contribution in [0.4, 0.5) is 0 Å². The number of hydrogen-bond donors (Lipinski definition) is 2. The monoisotopic (exact) mass is 297 g/mol. The van der Waals surface area contributed by atoms with Crippen LogP contribution in [-0.2, 0) is 4.79 Å². The molecule has 0 radical (unpaired) electrons. The van der Waals surface area contributed by atoms with Crippen LogP contribution in [0, 0.1) is 5.92 Å². The van der Waals surface area contributed by atoms with Crippen molar-refractivity contribution in [1.29, 1.82) is 0 Å². The summed E-state index contributed by atoms with van der Waals surface area (Å²) < 4.78 is 0. The van der Waals surface area contributed by atoms with Crippen molar-refractivity contribution >= 4 is 5.91 Å². The molecule has 1 amide bonds. The molecule has 2 aliphatic heterocycles. The third-order valence-corrected chi connectivity index (χ3v) is 4.73. The lowest BCUT2D eigenvalue weighted by molar-refractivity contribution is -0.120. The van der Waals surface area contributed by atoms with E-state index in [0.717, 1.165) is 58.0 Å². The van der Waals surface area contributed by atoms with E-state index in [2.05, 4.69) is 22.0 Å². The number of nitrogens with one attached hydrogen (secondary N) is 1. The van der Waals surface area contributed by atoms with Gasteiger partial charge in [-0.15, -0.1) is 0 Å². The number of piperidine rings is 2. The van der Waals surface area contributed by atoms with Gasteiger partial charge in [0, 0.05) is 32.6 Å². The van der Waals surface area contributed by atoms with E-state index in [-0.39, 0.29) is 18.1 Å². The van der Waals surface area contributed by atoms with Gasteiger partial charge in [-0.25, -0.2) is 0 Å². The van der Waals surface area contributed by atoms with Crippen molar-refractivity contribution in [2.45, 2.75) is 51.7 Å². The lowest BCUT2D eigenvalue weighted by Crippen LogP contribution is -2.50. The van der Waals surface area contributed by atoms with E-state index >= 15 is 0 Å². The first-order valence-electron chi connectivity index (χ1n) is 8.43. The number of aliphatic hydroxyl groups is 1. The van der Waals surface area contributed by atoms with Crippen LogP contribution in [0.3, 0.4) is 0 Å². The van der Waals surface area contributed by atoms with Gasteiger partial charge in [-0.3, -0.25) is 9.69 Å². The first-order chi connectivity index (χ1) is 10.0. The number of amides is 1. The van der Waals surface area contributed by atoms with E-state index in [1.54, 1.807) is 6.92 Å². The molecule has 2 fully saturated rings. The normalized spacial score (nSPS) is 27.5. The first kappa shape index (κ1) is 16.7. The standard InChI is InChI=1S/C16H31N3O2/c1-13-5-8-18(9-6-13)11-16(21)12-19-7-3-4-15(10-19)17-14(2)20/h13,15-16,21H,3-12H2,1-2H3,(H,17,20). The van der Waals surface area contributed by atoms with Crippen LogP contribution < -0.4 is 5.32 Å². The second-order valence-electron chi connectivity index (χ2n) is 6.94. The Morgan fingerprint density at radius 2 is 1.86 bits per heavy atom. The molecule has 2 N–H and O–H groups in total. The summed E-state index contributed by atoms with van der Waals surface area (Å²) in [5, 5.41) is 13.3. The molecular weight excluding hydrogens is 266 g/mol. The second-order valence-corrected chi connectivity index (χ2v) is 6.94. The number of carbonyl (C=O) groups is 1. The molecule has 21 heavy (non-hydrogen) atoms. The highest BCUT2D eigenvalue weighted by atomic mass is 16.3. The van der Waals surface area contributed by atoms with Gasteiger partial charge in [0.05, 0.1) is 6.10 Å². The highest BCUT2D eigenvalue weighted by molar-refractivity contribution is 5.73. The number of β-amino-alcohol motifs (C(OH)–C–C–N with tert-alkyl or cyclic N) is 1. The van der Waals surface area contributed by atoms with E-state index in [4.69, 9.17) is 0 Å². The molecule has 0 bridgehead atoms. The van der Waals surface area contributed by atoms with Gasteiger partial charge in [0.2, 0.25) is 5.91 Å². The van der Waals surface area contributed by atoms with Gasteiger partial charge in [0.15, 0.2) is 0 Å². The van der Waals surface area contributed by atoms with Crippen molar-refractivity contribution in [3.63, 3.8) is 0 Å². The van der Waals surface area contributed by atoms with Crippen molar-refractivity contribution < 1.29 is 9.90 Å². The number of likely N-dealkylation sites (tertiary alicyclic amines) is 2. The summed E-state index contributed by atoms with van der Waals surface area (Å²) in [7, 11) is 0. The fourth-order valence-corrected chi connectivity index (χ4v) is 3.53. The Balaban J connectivity index is 1.69. The third-order valence-electron chi connectivity index (χ3n) is 4.73. The maximum Gasteiger partial charge on any atom is 0.217 e. The predicted molar refractivity (Wildman–Crippen MR) is 84.1 cm³/mol. The summed E-state index contributed by atoms with van der Waals surface area (Å²) >= 11 is 0. The average molecular weight is 297 g/mol. The molecule has 0 saturated carbocycles. The Hall–Kier alpha value is -0.650. The molecule has 2 saturated heterocycles. The van der Waals surface area contributed by atoms with Crippen LogP contribution in [0.25, 0.3) is 0 Å². The second kappa shape index (κ2) is 8.11. The zero-order valence-corrected chi connectivity index (χ0v) is 13.6. The van der Waals surface area contributed by atoms with E-state index in [1.165, 1.54) is 12.8 Å². The first-order valence-corrected chi connectivity index (χ1v) is 8.43. The SMILES string of the molecule is CC(=O)NC1CCCN(CC(O)CN2CCC(C)CC2)C1. The summed E-state index contributed by atoms with van der Waals surface area (Å²) in [6, 6.07) is 0.249. The molecule has 0 aliphatic carbocycles. The Kier molecular flexibility index (Phi) is 6.45. The number of nitrogens with zero attached hydrogens (tertiary/aromatic N) is 2. The molecule has 0 aromatic rings. The fraction of sp³-hybridized carbons (Fsp3) is 0.938. The van der Waals surface area contributed by atoms with Crippen molar-refractivity contribution in [3.8, 4) is 0 Å². The largest absolute Gasteiger partial charge is 0.390 e. The Labute approximate surface area is 128 Å². The molecular formula is C16H31N3O2. The molecule has 0 spiro atoms. The zero-order chi connectivity index (χ0) is 15.2. The molecule has 5 heteroatoms. The van der Waals surface area contributed by atoms with Gasteiger partial charge in [0.1, 0.15) is 0 Å². The lowest BCUT2D eigenvalue weighted by Gasteiger charge is -2.36. The predicted octanol–water partition coefficient (Wildman–Crippen LogP) is 0.680. The molecule has 2 heterocycles. The third kappa shape index (κ3) is 5.93. The van der Waals surface area contributed by atoms with Gasteiger partial charge in [-0.2, -0.15) is 0 Å². The Morgan fingerprint density at radius 3 is 2.52 bits per heavy atom. The van der Waals surface area contributed by atoms with Gasteiger partial charge in [0.25, 0.3) is 0 Å². The topological polar surface area (TPSA) is 55.8 Å². The molecule has 5 nitrogen and oxygen atoms in total. The maximum atomic E-state index is 11.1. The van der Waals surface area contributed by atoms with Gasteiger partial charge in [-0.05, 0) is 51.2 Å². The van der Waals surface area contributed by atoms with Gasteiger partial charge < -0.3 is 15.3 Å². The molecule has 0 aromatic carbocycles. The van der Waals surface area contributed by atoms with Crippen LogP contribution in [0.1, 0.15) is 39.5 Å². The molecule has 2 aliphatic rings. The summed E-state index contributed by atoms with van der Waals surface area (Å²) in [4.78, 5) is 15.8. The van der Waals surface area contributed by atoms with Crippen LogP contribution in [0.15, 0.2) is 0 Å². The van der Waals surface area contributed by atoms with Crippen LogP contribution in [0.5, 0.6) is 0 Å². The highest BCUT2D eigenvalue weighted by Crippen LogP contribution is 2.16. The number of aliphatic hydroxyl groups excluding tert-OH is 1. The molecule has 2 atom stereocenters. The van der Waals surface area contributed by atoms with Crippen molar-refractivity contribution in [2.24, 2.45) is 5.92 Å². The van der Waals surface area contributed by atoms with E-state index in [0.29, 0.717) is 0 Å². The van der Waals surface area contributed by atoms with Gasteiger partial charge in [-0.1, -0.05) is 6.92 Å². The highest BCUT2D eigenvalue weighted by Gasteiger charge is 2.24. The van der Waals surface area contributed by atoms with Crippen LogP contribution in [-0.4, -0.2) is 72.2 Å². The zero-order valence-electron chi connectivity index (χ0n) is 13.6. The van der Waals surface area contributed by atoms with Crippen molar-refractivity contribution in [1.82, 2.24) is 15.1 Å². The number of carbonyl (C=O) groups excluding carboxylic acids is 1. The molecule has 2 rings (SSSR count). The average Bonchev–Trinajstić information content (AvgIpc) is 2.41. The summed E-state index contributed by atoms with van der Waals surface area (Å²) in [6.07, 6.45) is 4.37. The van der Waals surface area contributed by atoms with E-state index in [1.807, 2.05) is 0 Å². The van der Waals surface area contributed by atoms with E-state index < -0.39 is 0 Å². The lowest BCUT2D eigenvalue weighted by atomic mass is 9.99. The minimum absolute atomic E-state index is 0.0461. The Bertz CT molecular complexity index is 329. The molecule has 0 aromatic heterocycles.